The van der Waals surface area contributed by atoms with Crippen molar-refractivity contribution in [1.29, 1.82) is 0 Å². The molecule has 3 aromatic carbocycles. The zero-order valence-corrected chi connectivity index (χ0v) is 15.7. The van der Waals surface area contributed by atoms with Crippen molar-refractivity contribution in [3.8, 4) is 11.3 Å². The van der Waals surface area contributed by atoms with Crippen LogP contribution in [-0.4, -0.2) is 10.9 Å². The van der Waals surface area contributed by atoms with Crippen LogP contribution in [0.3, 0.4) is 0 Å². The molecule has 4 rings (SSSR count). The van der Waals surface area contributed by atoms with Crippen LogP contribution in [0.5, 0.6) is 0 Å². The average Bonchev–Trinajstić information content (AvgIpc) is 3.15. The highest BCUT2D eigenvalue weighted by Crippen LogP contribution is 2.30. The summed E-state index contributed by atoms with van der Waals surface area (Å²) in [5.41, 5.74) is 4.13. The van der Waals surface area contributed by atoms with E-state index in [1.807, 2.05) is 54.8 Å². The lowest BCUT2D eigenvalue weighted by Crippen LogP contribution is -2.07. The Balaban J connectivity index is 1.51. The Labute approximate surface area is 162 Å². The third-order valence-electron chi connectivity index (χ3n) is 4.30. The Morgan fingerprint density at radius 2 is 1.78 bits per heavy atom. The van der Waals surface area contributed by atoms with Crippen LogP contribution in [-0.2, 0) is 4.79 Å². The molecule has 0 aliphatic rings. The van der Waals surface area contributed by atoms with Crippen molar-refractivity contribution in [3.63, 3.8) is 0 Å². The average molecular weight is 370 g/mol. The molecule has 27 heavy (non-hydrogen) atoms. The van der Waals surface area contributed by atoms with E-state index in [9.17, 15) is 4.79 Å². The summed E-state index contributed by atoms with van der Waals surface area (Å²) in [5.74, 6) is -0.186. The number of hydrogen-bond donors (Lipinski definition) is 1. The summed E-state index contributed by atoms with van der Waals surface area (Å²) in [6.45, 7) is 2.04. The molecule has 4 aromatic rings. The number of nitrogens with zero attached hydrogens (tertiary/aromatic N) is 1. The largest absolute Gasteiger partial charge is 0.298 e. The molecule has 0 unspecified atom stereocenters. The van der Waals surface area contributed by atoms with Crippen LogP contribution in [0.25, 0.3) is 28.1 Å². The second kappa shape index (κ2) is 7.56. The predicted octanol–water partition coefficient (Wildman–Crippen LogP) is 5.92. The van der Waals surface area contributed by atoms with Gasteiger partial charge in [0, 0.05) is 17.0 Å². The molecule has 0 aliphatic carbocycles. The first-order valence-electron chi connectivity index (χ1n) is 8.68. The van der Waals surface area contributed by atoms with E-state index < -0.39 is 0 Å². The molecule has 1 aromatic heterocycles. The highest BCUT2D eigenvalue weighted by atomic mass is 32.1. The zero-order valence-electron chi connectivity index (χ0n) is 14.8. The molecule has 0 saturated heterocycles. The maximum atomic E-state index is 12.2. The lowest BCUT2D eigenvalue weighted by Gasteiger charge is -2.03. The van der Waals surface area contributed by atoms with E-state index in [2.05, 4.69) is 34.6 Å². The van der Waals surface area contributed by atoms with E-state index in [0.717, 1.165) is 22.2 Å². The van der Waals surface area contributed by atoms with E-state index in [1.54, 1.807) is 6.08 Å². The predicted molar refractivity (Wildman–Crippen MR) is 114 cm³/mol. The van der Waals surface area contributed by atoms with Gasteiger partial charge < -0.3 is 0 Å². The number of nitrogens with one attached hydrogen (secondary N) is 1. The monoisotopic (exact) mass is 370 g/mol. The highest BCUT2D eigenvalue weighted by Gasteiger charge is 2.09. The Morgan fingerprint density at radius 3 is 2.63 bits per heavy atom. The molecule has 0 radical (unpaired) electrons. The number of benzene rings is 3. The normalized spacial score (nSPS) is 11.1. The van der Waals surface area contributed by atoms with Crippen LogP contribution in [0.2, 0.25) is 0 Å². The molecule has 0 bridgehead atoms. The van der Waals surface area contributed by atoms with Crippen molar-refractivity contribution in [2.24, 2.45) is 0 Å². The topological polar surface area (TPSA) is 42.0 Å². The number of aryl methyl sites for hydroxylation is 1. The Morgan fingerprint density at radius 1 is 1.00 bits per heavy atom. The van der Waals surface area contributed by atoms with E-state index in [1.165, 1.54) is 28.4 Å². The van der Waals surface area contributed by atoms with Crippen LogP contribution in [0, 0.1) is 6.92 Å². The van der Waals surface area contributed by atoms with Gasteiger partial charge in [-0.05, 0) is 29.3 Å². The number of aromatic nitrogens is 1. The van der Waals surface area contributed by atoms with E-state index in [0.29, 0.717) is 5.13 Å². The summed E-state index contributed by atoms with van der Waals surface area (Å²) >= 11 is 1.43. The van der Waals surface area contributed by atoms with Crippen molar-refractivity contribution in [3.05, 3.63) is 89.3 Å². The van der Waals surface area contributed by atoms with Crippen LogP contribution in [0.4, 0.5) is 5.13 Å². The minimum atomic E-state index is -0.186. The van der Waals surface area contributed by atoms with Gasteiger partial charge in [-0.15, -0.1) is 11.3 Å². The molecule has 1 heterocycles. The van der Waals surface area contributed by atoms with Crippen LogP contribution >= 0.6 is 11.3 Å². The first-order chi connectivity index (χ1) is 13.2. The molecule has 0 aliphatic heterocycles. The van der Waals surface area contributed by atoms with Gasteiger partial charge in [-0.1, -0.05) is 72.3 Å². The third-order valence-corrected chi connectivity index (χ3v) is 5.06. The van der Waals surface area contributed by atoms with Gasteiger partial charge >= 0.3 is 0 Å². The molecule has 0 saturated carbocycles. The number of rotatable bonds is 4. The number of anilines is 1. The fourth-order valence-corrected chi connectivity index (χ4v) is 3.61. The Bertz CT molecular complexity index is 1120. The first kappa shape index (κ1) is 17.2. The number of hydrogen-bond acceptors (Lipinski definition) is 3. The van der Waals surface area contributed by atoms with E-state index in [-0.39, 0.29) is 5.91 Å². The fraction of sp³-hybridized carbons (Fsp3) is 0.0435. The summed E-state index contributed by atoms with van der Waals surface area (Å²) in [7, 11) is 0. The van der Waals surface area contributed by atoms with E-state index in [4.69, 9.17) is 0 Å². The second-order valence-corrected chi connectivity index (χ2v) is 7.16. The van der Waals surface area contributed by atoms with Gasteiger partial charge in [0.15, 0.2) is 5.13 Å². The molecule has 0 spiro atoms. The van der Waals surface area contributed by atoms with Gasteiger partial charge in [-0.25, -0.2) is 4.98 Å². The second-order valence-electron chi connectivity index (χ2n) is 6.30. The summed E-state index contributed by atoms with van der Waals surface area (Å²) in [5, 5.41) is 7.74. The number of carbonyl (C=O) groups is 1. The van der Waals surface area contributed by atoms with Gasteiger partial charge in [0.25, 0.3) is 0 Å². The summed E-state index contributed by atoms with van der Waals surface area (Å²) in [4.78, 5) is 16.8. The van der Waals surface area contributed by atoms with Crippen LogP contribution in [0.15, 0.2) is 78.2 Å². The zero-order chi connectivity index (χ0) is 18.6. The first-order valence-corrected chi connectivity index (χ1v) is 9.56. The summed E-state index contributed by atoms with van der Waals surface area (Å²) in [6.07, 6.45) is 3.33. The molecule has 4 heteroatoms. The van der Waals surface area contributed by atoms with Crippen molar-refractivity contribution >= 4 is 39.2 Å². The quantitative estimate of drug-likeness (QED) is 0.453. The third kappa shape index (κ3) is 3.96. The summed E-state index contributed by atoms with van der Waals surface area (Å²) < 4.78 is 0. The molecular formula is C23H18N2OS. The molecule has 132 valence electrons. The smallest absolute Gasteiger partial charge is 0.250 e. The molecular weight excluding hydrogens is 352 g/mol. The van der Waals surface area contributed by atoms with Gasteiger partial charge in [-0.3, -0.25) is 10.1 Å². The van der Waals surface area contributed by atoms with Crippen molar-refractivity contribution < 1.29 is 4.79 Å². The minimum absolute atomic E-state index is 0.186. The molecule has 1 N–H and O–H groups in total. The highest BCUT2D eigenvalue weighted by molar-refractivity contribution is 7.14. The fourth-order valence-electron chi connectivity index (χ4n) is 2.90. The number of amides is 1. The molecule has 3 nitrogen and oxygen atoms in total. The lowest BCUT2D eigenvalue weighted by molar-refractivity contribution is -0.111. The van der Waals surface area contributed by atoms with Crippen molar-refractivity contribution in [2.45, 2.75) is 6.92 Å². The maximum absolute atomic E-state index is 12.2. The SMILES string of the molecule is Cc1ccc(/C=C/C(=O)Nc2nc(-c3cccc4ccccc34)cs2)cc1. The van der Waals surface area contributed by atoms with Crippen LogP contribution in [0.1, 0.15) is 11.1 Å². The molecule has 0 atom stereocenters. The number of carbonyl (C=O) groups excluding carboxylic acids is 1. The Hall–Kier alpha value is -3.24. The number of thiazole rings is 1. The van der Waals surface area contributed by atoms with Gasteiger partial charge in [0.2, 0.25) is 5.91 Å². The Kier molecular flexibility index (Phi) is 4.81. The number of fused-ring (bicyclic) bond motifs is 1. The van der Waals surface area contributed by atoms with E-state index >= 15 is 0 Å². The standard InChI is InChI=1S/C23H18N2OS/c1-16-9-11-17(12-10-16)13-14-22(26)25-23-24-21(15-27-23)20-8-4-6-18-5-2-3-7-19(18)20/h2-15H,1H3,(H,24,25,26)/b14-13+. The van der Waals surface area contributed by atoms with Crippen molar-refractivity contribution in [2.75, 3.05) is 5.32 Å². The maximum Gasteiger partial charge on any atom is 0.250 e. The molecule has 1 amide bonds. The van der Waals surface area contributed by atoms with Crippen molar-refractivity contribution in [1.82, 2.24) is 4.98 Å². The molecule has 0 fully saturated rings. The van der Waals surface area contributed by atoms with Gasteiger partial charge in [0.1, 0.15) is 0 Å². The lowest BCUT2D eigenvalue weighted by atomic mass is 10.0. The van der Waals surface area contributed by atoms with Crippen LogP contribution < -0.4 is 5.32 Å². The summed E-state index contributed by atoms with van der Waals surface area (Å²) in [6, 6.07) is 22.4. The van der Waals surface area contributed by atoms with Gasteiger partial charge in [0.05, 0.1) is 5.69 Å². The minimum Gasteiger partial charge on any atom is -0.298 e. The van der Waals surface area contributed by atoms with Gasteiger partial charge in [-0.2, -0.15) is 0 Å².